The van der Waals surface area contributed by atoms with Crippen LogP contribution in [0.5, 0.6) is 0 Å². The van der Waals surface area contributed by atoms with E-state index in [4.69, 9.17) is 4.99 Å². The molecule has 0 radical (unpaired) electrons. The average Bonchev–Trinajstić information content (AvgIpc) is 3.09. The van der Waals surface area contributed by atoms with Crippen LogP contribution in [0.1, 0.15) is 31.6 Å². The summed E-state index contributed by atoms with van der Waals surface area (Å²) < 4.78 is 0. The molecule has 2 N–H and O–H groups in total. The van der Waals surface area contributed by atoms with Crippen LogP contribution in [0.3, 0.4) is 0 Å². The monoisotopic (exact) mass is 407 g/mol. The van der Waals surface area contributed by atoms with Crippen molar-refractivity contribution in [2.75, 3.05) is 19.6 Å². The summed E-state index contributed by atoms with van der Waals surface area (Å²) in [6.45, 7) is 7.27. The maximum Gasteiger partial charge on any atom is 0.191 e. The van der Waals surface area contributed by atoms with Crippen LogP contribution in [-0.2, 0) is 6.42 Å². The van der Waals surface area contributed by atoms with Gasteiger partial charge in [-0.15, -0.1) is 35.3 Å². The summed E-state index contributed by atoms with van der Waals surface area (Å²) in [4.78, 5) is 6.15. The molecule has 20 heavy (non-hydrogen) atoms. The highest BCUT2D eigenvalue weighted by Crippen LogP contribution is 2.27. The van der Waals surface area contributed by atoms with E-state index in [1.807, 2.05) is 11.3 Å². The lowest BCUT2D eigenvalue weighted by atomic mass is 10.1. The Hall–Kier alpha value is -0.300. The Balaban J connectivity index is 0.00000200. The van der Waals surface area contributed by atoms with Crippen LogP contribution in [0, 0.1) is 11.8 Å². The van der Waals surface area contributed by atoms with Crippen LogP contribution >= 0.6 is 35.3 Å². The number of hydrogen-bond donors (Lipinski definition) is 2. The molecule has 0 saturated heterocycles. The van der Waals surface area contributed by atoms with Gasteiger partial charge in [-0.1, -0.05) is 13.0 Å². The number of guanidine groups is 1. The summed E-state index contributed by atoms with van der Waals surface area (Å²) in [5, 5.41) is 8.91. The van der Waals surface area contributed by atoms with Crippen molar-refractivity contribution in [1.29, 1.82) is 0 Å². The molecule has 0 aliphatic heterocycles. The maximum atomic E-state index is 4.69. The normalized spacial score (nSPS) is 16.4. The molecular weight excluding hydrogens is 381 g/mol. The lowest BCUT2D eigenvalue weighted by Gasteiger charge is -2.12. The number of halogens is 1. The molecule has 5 heteroatoms. The summed E-state index contributed by atoms with van der Waals surface area (Å²) in [7, 11) is 0. The SMILES string of the molecule is CCNC(=NCC(C)Cc1cccs1)NCC1CC1.I. The van der Waals surface area contributed by atoms with Crippen molar-refractivity contribution in [3.63, 3.8) is 0 Å². The Bertz CT molecular complexity index is 388. The molecule has 1 aromatic rings. The van der Waals surface area contributed by atoms with E-state index < -0.39 is 0 Å². The van der Waals surface area contributed by atoms with Gasteiger partial charge in [0.1, 0.15) is 0 Å². The number of nitrogens with zero attached hydrogens (tertiary/aromatic N) is 1. The van der Waals surface area contributed by atoms with Gasteiger partial charge in [-0.05, 0) is 49.5 Å². The van der Waals surface area contributed by atoms with Gasteiger partial charge in [-0.3, -0.25) is 4.99 Å². The van der Waals surface area contributed by atoms with Gasteiger partial charge >= 0.3 is 0 Å². The van der Waals surface area contributed by atoms with E-state index in [1.165, 1.54) is 17.7 Å². The van der Waals surface area contributed by atoms with Crippen LogP contribution in [-0.4, -0.2) is 25.6 Å². The molecule has 1 heterocycles. The Labute approximate surface area is 143 Å². The van der Waals surface area contributed by atoms with E-state index in [0.717, 1.165) is 37.9 Å². The van der Waals surface area contributed by atoms with Gasteiger partial charge in [0.15, 0.2) is 5.96 Å². The third kappa shape index (κ3) is 6.92. The van der Waals surface area contributed by atoms with Gasteiger partial charge in [-0.2, -0.15) is 0 Å². The van der Waals surface area contributed by atoms with Crippen LogP contribution in [0.2, 0.25) is 0 Å². The first-order chi connectivity index (χ1) is 9.28. The van der Waals surface area contributed by atoms with E-state index in [2.05, 4.69) is 42.0 Å². The molecule has 0 amide bonds. The first-order valence-corrected chi connectivity index (χ1v) is 8.20. The molecule has 2 rings (SSSR count). The van der Waals surface area contributed by atoms with E-state index in [0.29, 0.717) is 5.92 Å². The lowest BCUT2D eigenvalue weighted by Crippen LogP contribution is -2.38. The van der Waals surface area contributed by atoms with Crippen molar-refractivity contribution in [2.45, 2.75) is 33.1 Å². The third-order valence-electron chi connectivity index (χ3n) is 3.29. The lowest BCUT2D eigenvalue weighted by molar-refractivity contribution is 0.594. The molecule has 0 bridgehead atoms. The van der Waals surface area contributed by atoms with Crippen LogP contribution in [0.15, 0.2) is 22.5 Å². The second kappa shape index (κ2) is 9.60. The van der Waals surface area contributed by atoms with E-state index in [-0.39, 0.29) is 24.0 Å². The highest BCUT2D eigenvalue weighted by molar-refractivity contribution is 14.0. The summed E-state index contributed by atoms with van der Waals surface area (Å²) >= 11 is 1.84. The fraction of sp³-hybridized carbons (Fsp3) is 0.667. The minimum absolute atomic E-state index is 0. The van der Waals surface area contributed by atoms with Crippen LogP contribution in [0.25, 0.3) is 0 Å². The quantitative estimate of drug-likeness (QED) is 0.412. The first-order valence-electron chi connectivity index (χ1n) is 7.32. The molecular formula is C15H26IN3S. The second-order valence-electron chi connectivity index (χ2n) is 5.43. The van der Waals surface area contributed by atoms with Gasteiger partial charge in [0.25, 0.3) is 0 Å². The Morgan fingerprint density at radius 1 is 1.45 bits per heavy atom. The highest BCUT2D eigenvalue weighted by Gasteiger charge is 2.21. The van der Waals surface area contributed by atoms with Gasteiger partial charge < -0.3 is 10.6 Å². The minimum Gasteiger partial charge on any atom is -0.357 e. The van der Waals surface area contributed by atoms with E-state index in [1.54, 1.807) is 0 Å². The molecule has 114 valence electrons. The van der Waals surface area contributed by atoms with E-state index in [9.17, 15) is 0 Å². The van der Waals surface area contributed by atoms with Crippen molar-refractivity contribution in [3.05, 3.63) is 22.4 Å². The van der Waals surface area contributed by atoms with Gasteiger partial charge in [0.05, 0.1) is 0 Å². The van der Waals surface area contributed by atoms with Crippen LogP contribution < -0.4 is 10.6 Å². The fourth-order valence-electron chi connectivity index (χ4n) is 1.99. The smallest absolute Gasteiger partial charge is 0.191 e. The summed E-state index contributed by atoms with van der Waals surface area (Å²) in [5.41, 5.74) is 0. The average molecular weight is 407 g/mol. The zero-order chi connectivity index (χ0) is 13.5. The first kappa shape index (κ1) is 17.8. The predicted molar refractivity (Wildman–Crippen MR) is 99.3 cm³/mol. The van der Waals surface area contributed by atoms with Crippen molar-refractivity contribution in [2.24, 2.45) is 16.8 Å². The van der Waals surface area contributed by atoms with E-state index >= 15 is 0 Å². The predicted octanol–water partition coefficient (Wildman–Crippen LogP) is 3.51. The molecule has 1 fully saturated rings. The number of nitrogens with one attached hydrogen (secondary N) is 2. The second-order valence-corrected chi connectivity index (χ2v) is 6.46. The standard InChI is InChI=1S/C15H25N3S.HI/c1-3-16-15(18-11-13-6-7-13)17-10-12(2)9-14-5-4-8-19-14;/h4-5,8,12-13H,3,6-7,9-11H2,1-2H3,(H2,16,17,18);1H. The molecule has 1 saturated carbocycles. The Morgan fingerprint density at radius 2 is 2.25 bits per heavy atom. The maximum absolute atomic E-state index is 4.69. The largest absolute Gasteiger partial charge is 0.357 e. The Kier molecular flexibility index (Phi) is 8.52. The molecule has 1 aliphatic rings. The summed E-state index contributed by atoms with van der Waals surface area (Å²) in [6, 6.07) is 4.33. The zero-order valence-corrected chi connectivity index (χ0v) is 15.5. The molecule has 1 atom stereocenters. The molecule has 1 unspecified atom stereocenters. The summed E-state index contributed by atoms with van der Waals surface area (Å²) in [5.74, 6) is 2.45. The third-order valence-corrected chi connectivity index (χ3v) is 4.19. The van der Waals surface area contributed by atoms with Crippen LogP contribution in [0.4, 0.5) is 0 Å². The zero-order valence-electron chi connectivity index (χ0n) is 12.4. The van der Waals surface area contributed by atoms with Crippen molar-refractivity contribution >= 4 is 41.3 Å². The highest BCUT2D eigenvalue weighted by atomic mass is 127. The molecule has 1 aromatic heterocycles. The van der Waals surface area contributed by atoms with Gasteiger partial charge in [-0.25, -0.2) is 0 Å². The fourth-order valence-corrected chi connectivity index (χ4v) is 2.86. The molecule has 1 aliphatic carbocycles. The van der Waals surface area contributed by atoms with Crippen molar-refractivity contribution in [1.82, 2.24) is 10.6 Å². The Morgan fingerprint density at radius 3 is 2.85 bits per heavy atom. The topological polar surface area (TPSA) is 36.4 Å². The molecule has 0 aromatic carbocycles. The summed E-state index contributed by atoms with van der Waals surface area (Å²) in [6.07, 6.45) is 3.88. The number of thiophene rings is 1. The number of rotatable bonds is 7. The molecule has 0 spiro atoms. The number of aliphatic imine (C=N–C) groups is 1. The van der Waals surface area contributed by atoms with Gasteiger partial charge in [0.2, 0.25) is 0 Å². The molecule has 3 nitrogen and oxygen atoms in total. The van der Waals surface area contributed by atoms with Crippen molar-refractivity contribution < 1.29 is 0 Å². The van der Waals surface area contributed by atoms with Gasteiger partial charge in [0, 0.05) is 24.5 Å². The van der Waals surface area contributed by atoms with Crippen molar-refractivity contribution in [3.8, 4) is 0 Å². The minimum atomic E-state index is 0. The number of hydrogen-bond acceptors (Lipinski definition) is 2.